The normalized spacial score (nSPS) is 11.8. The lowest BCUT2D eigenvalue weighted by atomic mass is 10.2. The van der Waals surface area contributed by atoms with Crippen LogP contribution in [0.25, 0.3) is 0 Å². The van der Waals surface area contributed by atoms with Crippen LogP contribution in [0.15, 0.2) is 47.1 Å². The maximum absolute atomic E-state index is 5.57. The average molecular weight is 334 g/mol. The van der Waals surface area contributed by atoms with Crippen LogP contribution in [0.5, 0.6) is 5.75 Å². The Labute approximate surface area is 142 Å². The number of nitrogens with zero attached hydrogens (tertiary/aromatic N) is 1. The fourth-order valence-corrected chi connectivity index (χ4v) is 2.58. The first-order valence-corrected chi connectivity index (χ1v) is 7.80. The summed E-state index contributed by atoms with van der Waals surface area (Å²) in [6.45, 7) is 3.30. The molecule has 0 radical (unpaired) electrons. The number of ether oxygens (including phenoxy) is 2. The zero-order valence-corrected chi connectivity index (χ0v) is 14.4. The number of rotatable bonds is 7. The first-order valence-electron chi connectivity index (χ1n) is 7.39. The van der Waals surface area contributed by atoms with Crippen LogP contribution >= 0.6 is 12.2 Å². The van der Waals surface area contributed by atoms with Crippen molar-refractivity contribution in [3.8, 4) is 5.75 Å². The summed E-state index contributed by atoms with van der Waals surface area (Å²) in [5.41, 5.74) is 0.907. The van der Waals surface area contributed by atoms with E-state index in [1.807, 2.05) is 41.3 Å². The topological polar surface area (TPSA) is 46.9 Å². The lowest BCUT2D eigenvalue weighted by molar-refractivity contribution is 0.160. The standard InChI is InChI=1S/C17H22N2O3S/c1-13(16-5-4-11-22-16)19(10-12-20-2)17(23)18-14-6-8-15(21-3)9-7-14/h4-9,11,13H,10,12H2,1-3H3,(H,18,23)/t13-/m1/s1. The van der Waals surface area contributed by atoms with E-state index >= 15 is 0 Å². The van der Waals surface area contributed by atoms with Gasteiger partial charge in [-0.15, -0.1) is 0 Å². The highest BCUT2D eigenvalue weighted by atomic mass is 32.1. The number of hydrogen-bond donors (Lipinski definition) is 1. The summed E-state index contributed by atoms with van der Waals surface area (Å²) in [6.07, 6.45) is 1.67. The second-order valence-electron chi connectivity index (χ2n) is 5.04. The maximum atomic E-state index is 5.57. The first-order chi connectivity index (χ1) is 11.2. The molecular formula is C17H22N2O3S. The summed E-state index contributed by atoms with van der Waals surface area (Å²) in [5.74, 6) is 1.67. The smallest absolute Gasteiger partial charge is 0.174 e. The molecule has 0 unspecified atom stereocenters. The number of hydrogen-bond acceptors (Lipinski definition) is 4. The zero-order valence-electron chi connectivity index (χ0n) is 13.6. The van der Waals surface area contributed by atoms with Gasteiger partial charge in [0.1, 0.15) is 11.5 Å². The summed E-state index contributed by atoms with van der Waals surface area (Å²) in [5, 5.41) is 3.87. The lowest BCUT2D eigenvalue weighted by Crippen LogP contribution is -2.38. The fraction of sp³-hybridized carbons (Fsp3) is 0.353. The van der Waals surface area contributed by atoms with E-state index in [0.29, 0.717) is 18.3 Å². The van der Waals surface area contributed by atoms with E-state index in [9.17, 15) is 0 Å². The Balaban J connectivity index is 2.08. The highest BCUT2D eigenvalue weighted by Crippen LogP contribution is 2.22. The minimum absolute atomic E-state index is 0.0124. The number of thiocarbonyl (C=S) groups is 1. The summed E-state index contributed by atoms with van der Waals surface area (Å²) in [4.78, 5) is 2.04. The van der Waals surface area contributed by atoms with Gasteiger partial charge in [0.05, 0.1) is 26.0 Å². The molecule has 0 saturated carbocycles. The molecule has 0 amide bonds. The average Bonchev–Trinajstić information content (AvgIpc) is 3.10. The van der Waals surface area contributed by atoms with Crippen molar-refractivity contribution in [1.29, 1.82) is 0 Å². The van der Waals surface area contributed by atoms with Crippen molar-refractivity contribution in [2.24, 2.45) is 0 Å². The minimum Gasteiger partial charge on any atom is -0.497 e. The van der Waals surface area contributed by atoms with E-state index in [0.717, 1.165) is 17.2 Å². The number of anilines is 1. The Morgan fingerprint density at radius 1 is 1.26 bits per heavy atom. The SMILES string of the molecule is COCCN(C(=S)Nc1ccc(OC)cc1)[C@H](C)c1ccco1. The summed E-state index contributed by atoms with van der Waals surface area (Å²) in [6, 6.07) is 11.5. The van der Waals surface area contributed by atoms with Crippen molar-refractivity contribution < 1.29 is 13.9 Å². The number of furan rings is 1. The van der Waals surface area contributed by atoms with Crippen molar-refractivity contribution in [2.75, 3.05) is 32.7 Å². The highest BCUT2D eigenvalue weighted by Gasteiger charge is 2.20. The zero-order chi connectivity index (χ0) is 16.7. The Bertz CT molecular complexity index is 599. The minimum atomic E-state index is 0.0124. The molecule has 0 fully saturated rings. The third-order valence-electron chi connectivity index (χ3n) is 3.56. The Hall–Kier alpha value is -2.05. The molecule has 0 aliphatic rings. The third kappa shape index (κ3) is 4.71. The van der Waals surface area contributed by atoms with Crippen molar-refractivity contribution in [2.45, 2.75) is 13.0 Å². The van der Waals surface area contributed by atoms with E-state index in [-0.39, 0.29) is 6.04 Å². The molecule has 2 aromatic rings. The molecule has 0 aliphatic heterocycles. The van der Waals surface area contributed by atoms with Gasteiger partial charge in [0, 0.05) is 19.3 Å². The van der Waals surface area contributed by atoms with Crippen molar-refractivity contribution >= 4 is 23.0 Å². The number of nitrogens with one attached hydrogen (secondary N) is 1. The Morgan fingerprint density at radius 2 is 2.00 bits per heavy atom. The second kappa shape index (κ2) is 8.55. The quantitative estimate of drug-likeness (QED) is 0.779. The highest BCUT2D eigenvalue weighted by molar-refractivity contribution is 7.80. The molecule has 6 heteroatoms. The predicted octanol–water partition coefficient (Wildman–Crippen LogP) is 3.69. The molecule has 2 rings (SSSR count). The van der Waals surface area contributed by atoms with Crippen LogP contribution in [0.3, 0.4) is 0 Å². The van der Waals surface area contributed by atoms with Gasteiger partial charge >= 0.3 is 0 Å². The molecule has 23 heavy (non-hydrogen) atoms. The van der Waals surface area contributed by atoms with E-state index in [1.165, 1.54) is 0 Å². The third-order valence-corrected chi connectivity index (χ3v) is 3.90. The molecule has 124 valence electrons. The van der Waals surface area contributed by atoms with Gasteiger partial charge in [0.2, 0.25) is 0 Å². The van der Waals surface area contributed by atoms with E-state index in [4.69, 9.17) is 26.1 Å². The van der Waals surface area contributed by atoms with Gasteiger partial charge in [-0.1, -0.05) is 0 Å². The summed E-state index contributed by atoms with van der Waals surface area (Å²) < 4.78 is 15.9. The van der Waals surface area contributed by atoms with Gasteiger partial charge in [0.15, 0.2) is 5.11 Å². The van der Waals surface area contributed by atoms with Gasteiger partial charge in [-0.05, 0) is 55.5 Å². The van der Waals surface area contributed by atoms with E-state index < -0.39 is 0 Å². The molecule has 1 heterocycles. The van der Waals surface area contributed by atoms with Crippen LogP contribution in [0.4, 0.5) is 5.69 Å². The summed E-state index contributed by atoms with van der Waals surface area (Å²) >= 11 is 5.57. The molecule has 1 aromatic heterocycles. The number of methoxy groups -OCH3 is 2. The predicted molar refractivity (Wildman–Crippen MR) is 94.9 cm³/mol. The van der Waals surface area contributed by atoms with Gasteiger partial charge in [-0.25, -0.2) is 0 Å². The fourth-order valence-electron chi connectivity index (χ4n) is 2.21. The van der Waals surface area contributed by atoms with Crippen molar-refractivity contribution in [1.82, 2.24) is 4.90 Å². The van der Waals surface area contributed by atoms with Gasteiger partial charge in [-0.3, -0.25) is 0 Å². The molecule has 0 spiro atoms. The van der Waals surface area contributed by atoms with Crippen LogP contribution in [0.2, 0.25) is 0 Å². The van der Waals surface area contributed by atoms with Crippen LogP contribution in [-0.2, 0) is 4.74 Å². The Morgan fingerprint density at radius 3 is 2.57 bits per heavy atom. The monoisotopic (exact) mass is 334 g/mol. The molecule has 0 aliphatic carbocycles. The van der Waals surface area contributed by atoms with Crippen LogP contribution in [0.1, 0.15) is 18.7 Å². The van der Waals surface area contributed by atoms with Gasteiger partial charge in [0.25, 0.3) is 0 Å². The van der Waals surface area contributed by atoms with Gasteiger partial charge < -0.3 is 24.1 Å². The molecule has 5 nitrogen and oxygen atoms in total. The van der Waals surface area contributed by atoms with Crippen LogP contribution in [0, 0.1) is 0 Å². The molecule has 0 bridgehead atoms. The number of benzene rings is 1. The Kier molecular flexibility index (Phi) is 6.43. The van der Waals surface area contributed by atoms with Gasteiger partial charge in [-0.2, -0.15) is 0 Å². The van der Waals surface area contributed by atoms with Crippen molar-refractivity contribution in [3.05, 3.63) is 48.4 Å². The molecule has 1 aromatic carbocycles. The molecular weight excluding hydrogens is 312 g/mol. The largest absolute Gasteiger partial charge is 0.497 e. The molecule has 1 N–H and O–H groups in total. The van der Waals surface area contributed by atoms with E-state index in [2.05, 4.69) is 12.2 Å². The van der Waals surface area contributed by atoms with E-state index in [1.54, 1.807) is 20.5 Å². The lowest BCUT2D eigenvalue weighted by Gasteiger charge is -2.30. The molecule has 0 saturated heterocycles. The second-order valence-corrected chi connectivity index (χ2v) is 5.42. The maximum Gasteiger partial charge on any atom is 0.174 e. The molecule has 1 atom stereocenters. The van der Waals surface area contributed by atoms with Crippen molar-refractivity contribution in [3.63, 3.8) is 0 Å². The summed E-state index contributed by atoms with van der Waals surface area (Å²) in [7, 11) is 3.32. The first kappa shape index (κ1) is 17.3. The van der Waals surface area contributed by atoms with Crippen LogP contribution < -0.4 is 10.1 Å². The van der Waals surface area contributed by atoms with Crippen LogP contribution in [-0.4, -0.2) is 37.4 Å².